The van der Waals surface area contributed by atoms with Gasteiger partial charge in [-0.1, -0.05) is 30.3 Å². The number of nitrogens with two attached hydrogens (primary N) is 1. The Labute approximate surface area is 196 Å². The molecule has 4 bridgehead atoms. The summed E-state index contributed by atoms with van der Waals surface area (Å²) in [5.41, 5.74) is 9.69. The van der Waals surface area contributed by atoms with Crippen molar-refractivity contribution in [1.82, 2.24) is 9.88 Å². The fraction of sp³-hybridized carbons (Fsp3) is 0.556. The summed E-state index contributed by atoms with van der Waals surface area (Å²) in [6.45, 7) is 0.953. The number of hydrogen-bond donors (Lipinski definition) is 3. The van der Waals surface area contributed by atoms with Crippen molar-refractivity contribution in [2.24, 2.45) is 28.5 Å². The smallest absolute Gasteiger partial charge is 0.268 e. The van der Waals surface area contributed by atoms with E-state index >= 15 is 0 Å². The molecule has 176 valence electrons. The highest BCUT2D eigenvalue weighted by molar-refractivity contribution is 5.92. The van der Waals surface area contributed by atoms with E-state index in [4.69, 9.17) is 10.8 Å². The third-order valence-corrected chi connectivity index (χ3v) is 8.06. The Balaban J connectivity index is 1.43. The largest absolute Gasteiger partial charge is 0.396 e. The minimum Gasteiger partial charge on any atom is -0.396 e. The number of aliphatic imine (C=N–C) groups is 1. The van der Waals surface area contributed by atoms with E-state index in [1.165, 1.54) is 44.2 Å². The zero-order valence-electron chi connectivity index (χ0n) is 19.4. The van der Waals surface area contributed by atoms with E-state index in [0.29, 0.717) is 13.0 Å². The maximum Gasteiger partial charge on any atom is 0.268 e. The molecule has 4 fully saturated rings. The topological polar surface area (TPSA) is 92.6 Å². The lowest BCUT2D eigenvalue weighted by Crippen LogP contribution is -2.49. The van der Waals surface area contributed by atoms with Gasteiger partial charge in [0.25, 0.3) is 5.91 Å². The Morgan fingerprint density at radius 2 is 1.70 bits per heavy atom. The van der Waals surface area contributed by atoms with Crippen LogP contribution in [-0.2, 0) is 16.8 Å². The predicted octanol–water partition coefficient (Wildman–Crippen LogP) is 3.83. The lowest BCUT2D eigenvalue weighted by Gasteiger charge is -2.57. The summed E-state index contributed by atoms with van der Waals surface area (Å²) in [6, 6.07) is 14.8. The summed E-state index contributed by atoms with van der Waals surface area (Å²) in [4.78, 5) is 17.1. The second kappa shape index (κ2) is 9.34. The predicted molar refractivity (Wildman–Crippen MR) is 131 cm³/mol. The summed E-state index contributed by atoms with van der Waals surface area (Å²) in [7, 11) is 0. The SMILES string of the molecule is N/C(=N/C(=O)Cn1c(-c2ccccc2)ccc1C12CC3CC(CC(C3)C1)C2)NCCCCO. The standard InChI is InChI=1S/C27H36N4O2/c28-26(29-10-4-5-11-32)30-25(33)18-31-23(22-6-2-1-3-7-22)8-9-24(31)27-15-19-12-20(16-27)14-21(13-19)17-27/h1-3,6-9,19-21,32H,4-5,10-18H2,(H3,28,29,30,33). The number of carbonyl (C=O) groups is 1. The maximum absolute atomic E-state index is 13.0. The number of nitrogens with zero attached hydrogens (tertiary/aromatic N) is 2. The summed E-state index contributed by atoms with van der Waals surface area (Å²) in [5.74, 6) is 2.44. The van der Waals surface area contributed by atoms with E-state index in [9.17, 15) is 4.79 Å². The number of aliphatic hydroxyl groups excluding tert-OH is 1. The molecule has 0 radical (unpaired) electrons. The van der Waals surface area contributed by atoms with Crippen LogP contribution in [0, 0.1) is 17.8 Å². The van der Waals surface area contributed by atoms with Crippen LogP contribution in [0.5, 0.6) is 0 Å². The lowest BCUT2D eigenvalue weighted by atomic mass is 9.49. The molecular weight excluding hydrogens is 412 g/mol. The molecule has 0 spiro atoms. The van der Waals surface area contributed by atoms with E-state index in [2.05, 4.69) is 39.1 Å². The number of aromatic nitrogens is 1. The van der Waals surface area contributed by atoms with Gasteiger partial charge in [0.2, 0.25) is 0 Å². The van der Waals surface area contributed by atoms with E-state index < -0.39 is 0 Å². The Morgan fingerprint density at radius 3 is 2.33 bits per heavy atom. The van der Waals surface area contributed by atoms with Crippen molar-refractivity contribution < 1.29 is 9.90 Å². The Hall–Kier alpha value is -2.60. The number of hydrogen-bond acceptors (Lipinski definition) is 2. The quantitative estimate of drug-likeness (QED) is 0.325. The Morgan fingerprint density at radius 1 is 1.03 bits per heavy atom. The van der Waals surface area contributed by atoms with Crippen molar-refractivity contribution in [3.63, 3.8) is 0 Å². The highest BCUT2D eigenvalue weighted by Crippen LogP contribution is 2.61. The maximum atomic E-state index is 13.0. The van der Waals surface area contributed by atoms with Crippen LogP contribution in [0.2, 0.25) is 0 Å². The molecule has 1 amide bonds. The Kier molecular flexibility index (Phi) is 6.28. The monoisotopic (exact) mass is 448 g/mol. The number of rotatable bonds is 8. The van der Waals surface area contributed by atoms with Crippen LogP contribution in [0.25, 0.3) is 11.3 Å². The number of unbranched alkanes of at least 4 members (excludes halogenated alkanes) is 1. The van der Waals surface area contributed by atoms with Crippen molar-refractivity contribution in [1.29, 1.82) is 0 Å². The van der Waals surface area contributed by atoms with E-state index in [-0.39, 0.29) is 30.4 Å². The van der Waals surface area contributed by atoms with Gasteiger partial charge in [0, 0.05) is 30.0 Å². The summed E-state index contributed by atoms with van der Waals surface area (Å²) < 4.78 is 2.23. The Bertz CT molecular complexity index is 975. The van der Waals surface area contributed by atoms with Crippen LogP contribution >= 0.6 is 0 Å². The van der Waals surface area contributed by atoms with Gasteiger partial charge in [0.1, 0.15) is 6.54 Å². The van der Waals surface area contributed by atoms with E-state index in [1.807, 2.05) is 18.2 Å². The first kappa shape index (κ1) is 22.2. The van der Waals surface area contributed by atoms with Gasteiger partial charge in [-0.15, -0.1) is 0 Å². The lowest BCUT2D eigenvalue weighted by molar-refractivity contribution is -0.118. The summed E-state index contributed by atoms with van der Waals surface area (Å²) >= 11 is 0. The molecule has 6 rings (SSSR count). The number of benzene rings is 1. The first-order valence-electron chi connectivity index (χ1n) is 12.5. The molecular formula is C27H36N4O2. The van der Waals surface area contributed by atoms with Crippen molar-refractivity contribution in [3.05, 3.63) is 48.2 Å². The molecule has 1 aromatic heterocycles. The minimum atomic E-state index is -0.235. The van der Waals surface area contributed by atoms with Crippen molar-refractivity contribution >= 4 is 11.9 Å². The summed E-state index contributed by atoms with van der Waals surface area (Å²) in [5, 5.41) is 11.9. The number of nitrogens with one attached hydrogen (secondary N) is 1. The highest BCUT2D eigenvalue weighted by atomic mass is 16.2. The first-order valence-corrected chi connectivity index (χ1v) is 12.5. The molecule has 4 aliphatic carbocycles. The average molecular weight is 449 g/mol. The van der Waals surface area contributed by atoms with Crippen LogP contribution < -0.4 is 11.1 Å². The van der Waals surface area contributed by atoms with Gasteiger partial charge in [-0.25, -0.2) is 0 Å². The number of carbonyl (C=O) groups excluding carboxylic acids is 1. The molecule has 1 heterocycles. The van der Waals surface area contributed by atoms with Crippen LogP contribution in [0.1, 0.15) is 57.1 Å². The highest BCUT2D eigenvalue weighted by Gasteiger charge is 2.52. The number of guanidine groups is 1. The van der Waals surface area contributed by atoms with Crippen LogP contribution in [0.15, 0.2) is 47.5 Å². The number of aliphatic hydroxyl groups is 1. The van der Waals surface area contributed by atoms with Gasteiger partial charge in [0.05, 0.1) is 0 Å². The molecule has 4 saturated carbocycles. The second-order valence-corrected chi connectivity index (χ2v) is 10.5. The fourth-order valence-corrected chi connectivity index (χ4v) is 7.18. The van der Waals surface area contributed by atoms with E-state index in [1.54, 1.807) is 0 Å². The van der Waals surface area contributed by atoms with Crippen LogP contribution in [0.4, 0.5) is 0 Å². The van der Waals surface area contributed by atoms with Crippen LogP contribution in [0.3, 0.4) is 0 Å². The van der Waals surface area contributed by atoms with E-state index in [0.717, 1.165) is 35.4 Å². The van der Waals surface area contributed by atoms with Gasteiger partial charge >= 0.3 is 0 Å². The number of amides is 1. The third kappa shape index (κ3) is 4.58. The van der Waals surface area contributed by atoms with Crippen molar-refractivity contribution in [2.45, 2.75) is 63.3 Å². The van der Waals surface area contributed by atoms with Gasteiger partial charge in [0.15, 0.2) is 5.96 Å². The van der Waals surface area contributed by atoms with Gasteiger partial charge < -0.3 is 20.7 Å². The summed E-state index contributed by atoms with van der Waals surface area (Å²) in [6.07, 6.45) is 9.43. The average Bonchev–Trinajstić information content (AvgIpc) is 3.20. The molecule has 0 aliphatic heterocycles. The van der Waals surface area contributed by atoms with Gasteiger partial charge in [-0.3, -0.25) is 4.79 Å². The molecule has 4 aliphatic rings. The third-order valence-electron chi connectivity index (χ3n) is 8.06. The normalized spacial score (nSPS) is 28.3. The van der Waals surface area contributed by atoms with Gasteiger partial charge in [-0.05, 0) is 86.8 Å². The second-order valence-electron chi connectivity index (χ2n) is 10.5. The van der Waals surface area contributed by atoms with Crippen LogP contribution in [-0.4, -0.2) is 34.7 Å². The fourth-order valence-electron chi connectivity index (χ4n) is 7.18. The molecule has 6 nitrogen and oxygen atoms in total. The molecule has 33 heavy (non-hydrogen) atoms. The zero-order chi connectivity index (χ0) is 22.8. The molecule has 1 aromatic carbocycles. The molecule has 6 heteroatoms. The first-order chi connectivity index (χ1) is 16.1. The van der Waals surface area contributed by atoms with Crippen molar-refractivity contribution in [3.8, 4) is 11.3 Å². The molecule has 4 N–H and O–H groups in total. The van der Waals surface area contributed by atoms with Crippen molar-refractivity contribution in [2.75, 3.05) is 13.2 Å². The molecule has 2 aromatic rings. The van der Waals surface area contributed by atoms with Gasteiger partial charge in [-0.2, -0.15) is 4.99 Å². The molecule has 0 atom stereocenters. The molecule has 0 saturated heterocycles. The zero-order valence-corrected chi connectivity index (χ0v) is 19.4. The molecule has 0 unspecified atom stereocenters. The minimum absolute atomic E-state index is 0.153.